The van der Waals surface area contributed by atoms with Gasteiger partial charge < -0.3 is 4.90 Å². The highest BCUT2D eigenvalue weighted by Gasteiger charge is 2.66. The molecule has 0 radical (unpaired) electrons. The minimum atomic E-state index is -2.10. The molecule has 2 aromatic carbocycles. The molecular formula is C21H15NO4. The zero-order valence-corrected chi connectivity index (χ0v) is 14.3. The molecule has 128 valence electrons. The largest absolute Gasteiger partial charge is 0.317 e. The second-order valence-electron chi connectivity index (χ2n) is 6.47. The van der Waals surface area contributed by atoms with Crippen LogP contribution < -0.4 is 0 Å². The first-order chi connectivity index (χ1) is 12.4. The first kappa shape index (κ1) is 16.1. The maximum atomic E-state index is 13.2. The number of hydrogen-bond donors (Lipinski definition) is 0. The van der Waals surface area contributed by atoms with Crippen molar-refractivity contribution in [2.24, 2.45) is 5.41 Å². The summed E-state index contributed by atoms with van der Waals surface area (Å²) in [6.07, 6.45) is 0. The summed E-state index contributed by atoms with van der Waals surface area (Å²) in [6.45, 7) is 1.59. The Labute approximate surface area is 149 Å². The number of amides is 1. The Balaban J connectivity index is 1.99. The van der Waals surface area contributed by atoms with Crippen molar-refractivity contribution in [3.8, 4) is 0 Å². The summed E-state index contributed by atoms with van der Waals surface area (Å²) < 4.78 is 0. The van der Waals surface area contributed by atoms with Crippen LogP contribution in [0.15, 0.2) is 65.9 Å². The van der Waals surface area contributed by atoms with Gasteiger partial charge in [0, 0.05) is 29.4 Å². The molecule has 4 rings (SSSR count). The van der Waals surface area contributed by atoms with Crippen molar-refractivity contribution >= 4 is 23.3 Å². The Hall–Kier alpha value is -3.34. The molecule has 0 saturated heterocycles. The van der Waals surface area contributed by atoms with Gasteiger partial charge in [-0.05, 0) is 6.92 Å². The van der Waals surface area contributed by atoms with E-state index < -0.39 is 28.7 Å². The van der Waals surface area contributed by atoms with Gasteiger partial charge in [-0.25, -0.2) is 0 Å². The van der Waals surface area contributed by atoms with E-state index in [1.165, 1.54) is 24.1 Å². The van der Waals surface area contributed by atoms with Crippen LogP contribution in [0.2, 0.25) is 0 Å². The van der Waals surface area contributed by atoms with Gasteiger partial charge in [0.2, 0.25) is 5.41 Å². The summed E-state index contributed by atoms with van der Waals surface area (Å²) >= 11 is 0. The number of fused-ring (bicyclic) bond motifs is 1. The zero-order valence-electron chi connectivity index (χ0n) is 14.3. The van der Waals surface area contributed by atoms with Crippen LogP contribution in [0, 0.1) is 5.41 Å². The van der Waals surface area contributed by atoms with Gasteiger partial charge in [0.05, 0.1) is 5.57 Å². The normalized spacial score (nSPS) is 18.1. The number of carbonyl (C=O) groups is 4. The Morgan fingerprint density at radius 3 is 1.88 bits per heavy atom. The smallest absolute Gasteiger partial charge is 0.253 e. The standard InChI is InChI=1S/C21H15NO4/c1-12-16(17(23)13-8-4-3-5-9-13)21(20(26)22(12)2)18(24)14-10-6-7-11-15(14)19(21)25/h3-11H,1-2H3. The monoisotopic (exact) mass is 345 g/mol. The average Bonchev–Trinajstić information content (AvgIpc) is 3.02. The van der Waals surface area contributed by atoms with Crippen molar-refractivity contribution < 1.29 is 19.2 Å². The average molecular weight is 345 g/mol. The van der Waals surface area contributed by atoms with Crippen LogP contribution in [0.1, 0.15) is 38.0 Å². The minimum Gasteiger partial charge on any atom is -0.317 e. The Kier molecular flexibility index (Phi) is 3.31. The van der Waals surface area contributed by atoms with Crippen molar-refractivity contribution in [2.75, 3.05) is 7.05 Å². The molecule has 0 aromatic heterocycles. The second kappa shape index (κ2) is 5.33. The molecule has 2 aliphatic rings. The fourth-order valence-electron chi connectivity index (χ4n) is 3.83. The van der Waals surface area contributed by atoms with E-state index in [2.05, 4.69) is 0 Å². The summed E-state index contributed by atoms with van der Waals surface area (Å²) in [5.41, 5.74) is -1.10. The van der Waals surface area contributed by atoms with Gasteiger partial charge in [-0.15, -0.1) is 0 Å². The van der Waals surface area contributed by atoms with Crippen LogP contribution in [-0.4, -0.2) is 35.2 Å². The van der Waals surface area contributed by atoms with Crippen molar-refractivity contribution in [1.82, 2.24) is 4.90 Å². The molecule has 0 N–H and O–H groups in total. The number of carbonyl (C=O) groups excluding carboxylic acids is 4. The first-order valence-electron chi connectivity index (χ1n) is 8.20. The van der Waals surface area contributed by atoms with Crippen LogP contribution in [0.4, 0.5) is 0 Å². The lowest BCUT2D eigenvalue weighted by Crippen LogP contribution is -2.45. The van der Waals surface area contributed by atoms with Crippen molar-refractivity contribution in [3.05, 3.63) is 82.6 Å². The lowest BCUT2D eigenvalue weighted by atomic mass is 9.73. The molecule has 0 bridgehead atoms. The van der Waals surface area contributed by atoms with Gasteiger partial charge in [-0.3, -0.25) is 19.2 Å². The molecule has 26 heavy (non-hydrogen) atoms. The number of nitrogens with zero attached hydrogens (tertiary/aromatic N) is 1. The van der Waals surface area contributed by atoms with Crippen molar-refractivity contribution in [3.63, 3.8) is 0 Å². The number of allylic oxidation sites excluding steroid dienone is 1. The van der Waals surface area contributed by atoms with E-state index in [9.17, 15) is 19.2 Å². The molecule has 0 fully saturated rings. The van der Waals surface area contributed by atoms with E-state index in [4.69, 9.17) is 0 Å². The SMILES string of the molecule is CC1=C(C(=O)c2ccccc2)C2(C(=O)c3ccccc3C2=O)C(=O)N1C. The van der Waals surface area contributed by atoms with Crippen LogP contribution >= 0.6 is 0 Å². The highest BCUT2D eigenvalue weighted by Crippen LogP contribution is 2.50. The van der Waals surface area contributed by atoms with Crippen LogP contribution in [0.25, 0.3) is 0 Å². The fourth-order valence-corrected chi connectivity index (χ4v) is 3.83. The fraction of sp³-hybridized carbons (Fsp3) is 0.143. The Bertz CT molecular complexity index is 998. The molecule has 0 atom stereocenters. The summed E-state index contributed by atoms with van der Waals surface area (Å²) in [7, 11) is 1.48. The maximum absolute atomic E-state index is 13.2. The van der Waals surface area contributed by atoms with E-state index in [0.717, 1.165) is 0 Å². The first-order valence-corrected chi connectivity index (χ1v) is 8.20. The molecule has 0 unspecified atom stereocenters. The molecule has 2 aromatic rings. The van der Waals surface area contributed by atoms with Gasteiger partial charge in [-0.2, -0.15) is 0 Å². The molecule has 5 nitrogen and oxygen atoms in total. The number of ketones is 3. The van der Waals surface area contributed by atoms with Gasteiger partial charge in [0.25, 0.3) is 5.91 Å². The van der Waals surface area contributed by atoms with Gasteiger partial charge >= 0.3 is 0 Å². The van der Waals surface area contributed by atoms with Crippen LogP contribution in [-0.2, 0) is 4.79 Å². The molecule has 1 heterocycles. The predicted molar refractivity (Wildman–Crippen MR) is 93.8 cm³/mol. The maximum Gasteiger partial charge on any atom is 0.253 e. The topological polar surface area (TPSA) is 71.5 Å². The molecule has 5 heteroatoms. The van der Waals surface area contributed by atoms with Crippen LogP contribution in [0.5, 0.6) is 0 Å². The van der Waals surface area contributed by atoms with E-state index >= 15 is 0 Å². The zero-order chi connectivity index (χ0) is 18.6. The molecule has 1 amide bonds. The molecular weight excluding hydrogens is 330 g/mol. The summed E-state index contributed by atoms with van der Waals surface area (Å²) in [5.74, 6) is -2.38. The highest BCUT2D eigenvalue weighted by atomic mass is 16.2. The summed E-state index contributed by atoms with van der Waals surface area (Å²) in [5, 5.41) is 0. The minimum absolute atomic E-state index is 0.0394. The predicted octanol–water partition coefficient (Wildman–Crippen LogP) is 2.68. The Morgan fingerprint density at radius 1 is 0.846 bits per heavy atom. The lowest BCUT2D eigenvalue weighted by molar-refractivity contribution is -0.130. The quantitative estimate of drug-likeness (QED) is 0.620. The third-order valence-electron chi connectivity index (χ3n) is 5.23. The molecule has 1 aliphatic carbocycles. The van der Waals surface area contributed by atoms with Gasteiger partial charge in [0.15, 0.2) is 17.3 Å². The number of Topliss-reactive ketones (excluding diaryl/α,β-unsaturated/α-hetero) is 3. The van der Waals surface area contributed by atoms with E-state index in [-0.39, 0.29) is 16.7 Å². The third kappa shape index (κ3) is 1.74. The summed E-state index contributed by atoms with van der Waals surface area (Å²) in [4.78, 5) is 54.0. The second-order valence-corrected chi connectivity index (χ2v) is 6.47. The van der Waals surface area contributed by atoms with Crippen LogP contribution in [0.3, 0.4) is 0 Å². The number of hydrogen-bond acceptors (Lipinski definition) is 4. The Morgan fingerprint density at radius 2 is 1.35 bits per heavy atom. The van der Waals surface area contributed by atoms with Gasteiger partial charge in [0.1, 0.15) is 0 Å². The number of benzene rings is 2. The van der Waals surface area contributed by atoms with Crippen molar-refractivity contribution in [2.45, 2.75) is 6.92 Å². The summed E-state index contributed by atoms with van der Waals surface area (Å²) in [6, 6.07) is 14.7. The molecule has 1 spiro atoms. The molecule has 0 saturated carbocycles. The third-order valence-corrected chi connectivity index (χ3v) is 5.23. The highest BCUT2D eigenvalue weighted by molar-refractivity contribution is 6.45. The number of rotatable bonds is 2. The van der Waals surface area contributed by atoms with E-state index in [1.54, 1.807) is 49.4 Å². The van der Waals surface area contributed by atoms with E-state index in [0.29, 0.717) is 11.3 Å². The van der Waals surface area contributed by atoms with Gasteiger partial charge in [-0.1, -0.05) is 54.6 Å². The van der Waals surface area contributed by atoms with E-state index in [1.807, 2.05) is 0 Å². The lowest BCUT2D eigenvalue weighted by Gasteiger charge is -2.21. The molecule has 1 aliphatic heterocycles. The van der Waals surface area contributed by atoms with Crippen molar-refractivity contribution in [1.29, 1.82) is 0 Å².